The van der Waals surface area contributed by atoms with Crippen molar-refractivity contribution in [3.63, 3.8) is 0 Å². The molecule has 259 valence electrons. The molecule has 1 aromatic heterocycles. The Morgan fingerprint density at radius 3 is 1.87 bits per heavy atom. The molecule has 1 radical (unpaired) electrons. The predicted octanol–water partition coefficient (Wildman–Crippen LogP) is 2.17. The van der Waals surface area contributed by atoms with Crippen LogP contribution in [0.1, 0.15) is 5.69 Å². The summed E-state index contributed by atoms with van der Waals surface area (Å²) in [5.74, 6) is -1.71. The molecular formula is C32H24CrN8NaO8S2. The summed E-state index contributed by atoms with van der Waals surface area (Å²) in [5, 5.41) is 79.0. The third kappa shape index (κ3) is 9.80. The van der Waals surface area contributed by atoms with Crippen molar-refractivity contribution in [2.24, 2.45) is 25.6 Å². The largest absolute Gasteiger partial charge is 3.00 e. The van der Waals surface area contributed by atoms with E-state index < -0.39 is 37.4 Å². The van der Waals surface area contributed by atoms with Crippen molar-refractivity contribution < 1.29 is 84.2 Å². The van der Waals surface area contributed by atoms with E-state index in [1.54, 1.807) is 55.5 Å². The van der Waals surface area contributed by atoms with Crippen molar-refractivity contribution in [3.8, 4) is 28.8 Å². The van der Waals surface area contributed by atoms with Crippen molar-refractivity contribution >= 4 is 53.6 Å². The van der Waals surface area contributed by atoms with Gasteiger partial charge in [0.1, 0.15) is 17.1 Å². The molecule has 0 amide bonds. The number of rotatable bonds is 7. The van der Waals surface area contributed by atoms with Gasteiger partial charge in [-0.05, 0) is 54.8 Å². The molecule has 0 saturated heterocycles. The van der Waals surface area contributed by atoms with Crippen molar-refractivity contribution in [1.29, 1.82) is 0 Å². The van der Waals surface area contributed by atoms with Gasteiger partial charge < -0.3 is 25.6 Å². The molecule has 0 saturated carbocycles. The van der Waals surface area contributed by atoms with Crippen LogP contribution in [-0.4, -0.2) is 31.7 Å². The normalized spacial score (nSPS) is 11.5. The van der Waals surface area contributed by atoms with E-state index in [4.69, 9.17) is 10.3 Å². The van der Waals surface area contributed by atoms with Gasteiger partial charge in [-0.25, -0.2) is 26.7 Å². The maximum atomic E-state index is 12.5. The topological polar surface area (TPSA) is 275 Å². The van der Waals surface area contributed by atoms with Gasteiger partial charge in [0.25, 0.3) is 0 Å². The van der Waals surface area contributed by atoms with E-state index in [0.717, 1.165) is 46.5 Å². The molecule has 0 atom stereocenters. The molecule has 20 heteroatoms. The van der Waals surface area contributed by atoms with Crippen molar-refractivity contribution in [1.82, 2.24) is 9.78 Å². The Bertz CT molecular complexity index is 2520. The Kier molecular flexibility index (Phi) is 13.8. The first-order chi connectivity index (χ1) is 23.6. The second-order valence-electron chi connectivity index (χ2n) is 10.3. The summed E-state index contributed by atoms with van der Waals surface area (Å²) in [6.07, 6.45) is 0. The molecule has 0 aliphatic carbocycles. The predicted molar refractivity (Wildman–Crippen MR) is 176 cm³/mol. The number of aromatic nitrogens is 2. The van der Waals surface area contributed by atoms with E-state index in [9.17, 15) is 37.3 Å². The molecule has 6 rings (SSSR count). The van der Waals surface area contributed by atoms with E-state index >= 15 is 0 Å². The number of phenols is 1. The van der Waals surface area contributed by atoms with E-state index in [1.165, 1.54) is 6.07 Å². The number of fused-ring (bicyclic) bond motifs is 1. The summed E-state index contributed by atoms with van der Waals surface area (Å²) < 4.78 is 46.4. The third-order valence-electron chi connectivity index (χ3n) is 6.88. The Morgan fingerprint density at radius 2 is 1.27 bits per heavy atom. The average Bonchev–Trinajstić information content (AvgIpc) is 3.36. The number of hydrogen-bond donors (Lipinski definition) is 2. The van der Waals surface area contributed by atoms with E-state index in [0.29, 0.717) is 16.8 Å². The van der Waals surface area contributed by atoms with Crippen LogP contribution >= 0.6 is 0 Å². The van der Waals surface area contributed by atoms with Gasteiger partial charge >= 0.3 is 46.9 Å². The average molecular weight is 788 g/mol. The molecule has 1 heterocycles. The zero-order chi connectivity index (χ0) is 36.2. The second-order valence-corrected chi connectivity index (χ2v) is 13.4. The SMILES string of the molecule is Cc1nn(-c2ccccc2)c([O-])c1N=Nc1cc(S([NH-])(=O)=O)ccc1[O-].NS(=O)(=O)c1ccc([O-])c(N=Nc2c(O)ccc3ccccc23)c1.[Cr+3].[Na+]. The fourth-order valence-electron chi connectivity index (χ4n) is 4.41. The summed E-state index contributed by atoms with van der Waals surface area (Å²) in [4.78, 5) is -0.622. The Labute approximate surface area is 330 Å². The fourth-order valence-corrected chi connectivity index (χ4v) is 5.46. The van der Waals surface area contributed by atoms with Gasteiger partial charge in [0.15, 0.2) is 0 Å². The first kappa shape index (κ1) is 41.7. The first-order valence-electron chi connectivity index (χ1n) is 14.1. The van der Waals surface area contributed by atoms with Crippen LogP contribution in [0.5, 0.6) is 23.1 Å². The van der Waals surface area contributed by atoms with E-state index in [2.05, 4.69) is 25.6 Å². The van der Waals surface area contributed by atoms with E-state index in [-0.39, 0.29) is 85.2 Å². The molecule has 4 N–H and O–H groups in total. The van der Waals surface area contributed by atoms with Gasteiger partial charge in [-0.1, -0.05) is 72.2 Å². The van der Waals surface area contributed by atoms with Crippen molar-refractivity contribution in [2.75, 3.05) is 0 Å². The molecular weight excluding hydrogens is 764 g/mol. The minimum atomic E-state index is -4.24. The summed E-state index contributed by atoms with van der Waals surface area (Å²) in [5.41, 5.74) is 0.507. The zero-order valence-electron chi connectivity index (χ0n) is 27.1. The van der Waals surface area contributed by atoms with Gasteiger partial charge in [0, 0.05) is 11.3 Å². The molecule has 52 heavy (non-hydrogen) atoms. The molecule has 0 spiro atoms. The number of benzene rings is 5. The monoisotopic (exact) mass is 787 g/mol. The van der Waals surface area contributed by atoms with Gasteiger partial charge in [-0.15, -0.1) is 10.2 Å². The molecule has 16 nitrogen and oxygen atoms in total. The number of para-hydroxylation sites is 1. The number of nitrogens with zero attached hydrogens (tertiary/aromatic N) is 6. The van der Waals surface area contributed by atoms with Crippen LogP contribution in [-0.2, 0) is 37.4 Å². The summed E-state index contributed by atoms with van der Waals surface area (Å²) in [6, 6.07) is 25.3. The van der Waals surface area contributed by atoms with Crippen LogP contribution in [0.25, 0.3) is 21.6 Å². The Balaban J connectivity index is 0.000000271. The van der Waals surface area contributed by atoms with Gasteiger partial charge in [-0.3, -0.25) is 0 Å². The van der Waals surface area contributed by atoms with Crippen molar-refractivity contribution in [2.45, 2.75) is 16.7 Å². The van der Waals surface area contributed by atoms with Gasteiger partial charge in [0.05, 0.1) is 42.6 Å². The molecule has 0 aliphatic rings. The number of nitrogens with two attached hydrogens (primary N) is 1. The summed E-state index contributed by atoms with van der Waals surface area (Å²) in [7, 11) is -8.20. The maximum absolute atomic E-state index is 12.5. The third-order valence-corrected chi connectivity index (χ3v) is 8.67. The fraction of sp³-hybridized carbons (Fsp3) is 0.0312. The van der Waals surface area contributed by atoms with Crippen LogP contribution in [0.3, 0.4) is 0 Å². The maximum Gasteiger partial charge on any atom is 3.00 e. The number of aromatic hydroxyl groups is 1. The molecule has 6 aromatic rings. The number of phenolic OH excluding ortho intramolecular Hbond substituents is 1. The number of sulfonamides is 2. The zero-order valence-corrected chi connectivity index (χ0v) is 32.0. The number of aryl methyl sites for hydroxylation is 1. The Hall–Kier alpha value is -4.68. The number of azo groups is 2. The molecule has 0 fully saturated rings. The second kappa shape index (κ2) is 17.2. The smallest absolute Gasteiger partial charge is 0.871 e. The van der Waals surface area contributed by atoms with Crippen LogP contribution in [0.15, 0.2) is 133 Å². The van der Waals surface area contributed by atoms with Crippen LogP contribution in [0.2, 0.25) is 0 Å². The van der Waals surface area contributed by atoms with Gasteiger partial charge in [0.2, 0.25) is 10.0 Å². The molecule has 0 aliphatic heterocycles. The quantitative estimate of drug-likeness (QED) is 0.177. The van der Waals surface area contributed by atoms with Crippen molar-refractivity contribution in [3.05, 3.63) is 114 Å². The van der Waals surface area contributed by atoms with Crippen LogP contribution < -0.4 is 50.0 Å². The van der Waals surface area contributed by atoms with Crippen LogP contribution in [0.4, 0.5) is 22.7 Å². The minimum Gasteiger partial charge on any atom is -0.871 e. The molecule has 0 unspecified atom stereocenters. The van der Waals surface area contributed by atoms with Crippen LogP contribution in [0, 0.1) is 6.92 Å². The Morgan fingerprint density at radius 1 is 0.731 bits per heavy atom. The van der Waals surface area contributed by atoms with Gasteiger partial charge in [-0.2, -0.15) is 15.3 Å². The molecule has 5 aromatic carbocycles. The number of nitrogens with one attached hydrogen (secondary N) is 1. The standard InChI is InChI=1S/C16H14N5O4S.C16H13N3O4S.Cr.Na/c1-10-15(16(23)21(20-10)11-5-3-2-4-6-11)19-18-13-9-12(26(17,24)25)7-8-14(13)22;17-24(22,23)11-6-8-14(20)13(9-11)18-19-16-12-4-2-1-3-10(12)5-7-15(16)21;;/h2-9H,1H3,(H3-,17,18,19,20,22,23,24,25);1-9,20-21H,(H2,17,22,23);;/q-1;;+3;+1/p-3. The first-order valence-corrected chi connectivity index (χ1v) is 17.2. The molecule has 0 bridgehead atoms. The number of primary sulfonamides is 1. The minimum absolute atomic E-state index is 0. The summed E-state index contributed by atoms with van der Waals surface area (Å²) in [6.45, 7) is 1.57. The van der Waals surface area contributed by atoms with E-state index in [1.807, 2.05) is 12.1 Å². The number of hydrogen-bond acceptors (Lipinski definition) is 13. The summed E-state index contributed by atoms with van der Waals surface area (Å²) >= 11 is 0.